The number of hydrogen-bond donors (Lipinski definition) is 0. The van der Waals surface area contributed by atoms with E-state index < -0.39 is 0 Å². The molecule has 0 aliphatic rings. The summed E-state index contributed by atoms with van der Waals surface area (Å²) in [5.41, 5.74) is 1.41. The molecule has 1 nitrogen and oxygen atoms in total. The molecule has 0 unspecified atom stereocenters. The maximum atomic E-state index is 4.95. The summed E-state index contributed by atoms with van der Waals surface area (Å²) in [6.45, 7) is 5.34. The van der Waals surface area contributed by atoms with E-state index in [9.17, 15) is 0 Å². The van der Waals surface area contributed by atoms with Crippen LogP contribution in [0, 0.1) is 0 Å². The van der Waals surface area contributed by atoms with Crippen molar-refractivity contribution in [2.75, 3.05) is 13.7 Å². The SMILES string of the molecule is CCCCCCCCOC.CCc1ccccc1. The molecule has 1 aromatic rings. The average molecular weight is 250 g/mol. The van der Waals surface area contributed by atoms with Crippen molar-refractivity contribution in [3.63, 3.8) is 0 Å². The van der Waals surface area contributed by atoms with Crippen molar-refractivity contribution in [3.8, 4) is 0 Å². The lowest BCUT2D eigenvalue weighted by Crippen LogP contribution is -1.87. The Bertz CT molecular complexity index is 235. The first kappa shape index (κ1) is 17.2. The topological polar surface area (TPSA) is 9.23 Å². The van der Waals surface area contributed by atoms with Crippen molar-refractivity contribution in [1.82, 2.24) is 0 Å². The molecule has 0 aromatic heterocycles. The molecule has 0 fully saturated rings. The van der Waals surface area contributed by atoms with Crippen molar-refractivity contribution in [3.05, 3.63) is 35.9 Å². The number of aryl methyl sites for hydroxylation is 1. The summed E-state index contributed by atoms with van der Waals surface area (Å²) in [7, 11) is 1.77. The van der Waals surface area contributed by atoms with Gasteiger partial charge in [0.05, 0.1) is 0 Å². The molecule has 104 valence electrons. The van der Waals surface area contributed by atoms with Gasteiger partial charge in [-0.05, 0) is 18.4 Å². The second kappa shape index (κ2) is 14.2. The zero-order valence-electron chi connectivity index (χ0n) is 12.5. The quantitative estimate of drug-likeness (QED) is 0.573. The number of methoxy groups -OCH3 is 1. The van der Waals surface area contributed by atoms with Crippen molar-refractivity contribution in [1.29, 1.82) is 0 Å². The lowest BCUT2D eigenvalue weighted by molar-refractivity contribution is 0.192. The normalized spacial score (nSPS) is 9.72. The molecule has 18 heavy (non-hydrogen) atoms. The second-order valence-electron chi connectivity index (χ2n) is 4.60. The highest BCUT2D eigenvalue weighted by Gasteiger charge is 1.87. The van der Waals surface area contributed by atoms with Gasteiger partial charge in [-0.3, -0.25) is 0 Å². The first-order valence-electron chi connectivity index (χ1n) is 7.38. The predicted molar refractivity (Wildman–Crippen MR) is 81.1 cm³/mol. The molecule has 0 amide bonds. The third kappa shape index (κ3) is 11.7. The maximum absolute atomic E-state index is 4.95. The van der Waals surface area contributed by atoms with Gasteiger partial charge < -0.3 is 4.74 Å². The van der Waals surface area contributed by atoms with Gasteiger partial charge in [0.2, 0.25) is 0 Å². The Balaban J connectivity index is 0.000000327. The molecule has 0 saturated carbocycles. The van der Waals surface area contributed by atoms with Gasteiger partial charge in [0, 0.05) is 13.7 Å². The summed E-state index contributed by atoms with van der Waals surface area (Å²) >= 11 is 0. The van der Waals surface area contributed by atoms with Gasteiger partial charge in [-0.1, -0.05) is 76.3 Å². The van der Waals surface area contributed by atoms with Crippen molar-refractivity contribution in [2.45, 2.75) is 58.8 Å². The Hall–Kier alpha value is -0.820. The van der Waals surface area contributed by atoms with E-state index in [-0.39, 0.29) is 0 Å². The number of benzene rings is 1. The van der Waals surface area contributed by atoms with Gasteiger partial charge in [-0.15, -0.1) is 0 Å². The molecule has 1 aromatic carbocycles. The van der Waals surface area contributed by atoms with Crippen LogP contribution in [-0.2, 0) is 11.2 Å². The first-order valence-corrected chi connectivity index (χ1v) is 7.38. The molecule has 1 heteroatoms. The lowest BCUT2D eigenvalue weighted by Gasteiger charge is -1.98. The average Bonchev–Trinajstić information content (AvgIpc) is 2.44. The molecule has 0 aliphatic carbocycles. The Morgan fingerprint density at radius 2 is 1.44 bits per heavy atom. The second-order valence-corrected chi connectivity index (χ2v) is 4.60. The maximum Gasteiger partial charge on any atom is 0.0462 e. The van der Waals surface area contributed by atoms with Crippen molar-refractivity contribution >= 4 is 0 Å². The number of hydrogen-bond acceptors (Lipinski definition) is 1. The Morgan fingerprint density at radius 3 is 1.94 bits per heavy atom. The Kier molecular flexibility index (Phi) is 13.6. The van der Waals surface area contributed by atoms with Gasteiger partial charge >= 0.3 is 0 Å². The zero-order valence-corrected chi connectivity index (χ0v) is 12.5. The van der Waals surface area contributed by atoms with Crippen molar-refractivity contribution in [2.24, 2.45) is 0 Å². The lowest BCUT2D eigenvalue weighted by atomic mass is 10.1. The minimum absolute atomic E-state index is 0.937. The molecule has 0 bridgehead atoms. The summed E-state index contributed by atoms with van der Waals surface area (Å²) in [5.74, 6) is 0. The Morgan fingerprint density at radius 1 is 0.833 bits per heavy atom. The van der Waals surface area contributed by atoms with Gasteiger partial charge in [0.25, 0.3) is 0 Å². The molecule has 0 N–H and O–H groups in total. The fourth-order valence-electron chi connectivity index (χ4n) is 1.74. The Labute approximate surface area is 114 Å². The van der Waals surface area contributed by atoms with E-state index in [0.29, 0.717) is 0 Å². The van der Waals surface area contributed by atoms with Crippen LogP contribution in [0.25, 0.3) is 0 Å². The van der Waals surface area contributed by atoms with Gasteiger partial charge in [0.1, 0.15) is 0 Å². The summed E-state index contributed by atoms with van der Waals surface area (Å²) in [5, 5.41) is 0. The standard InChI is InChI=1S/C9H20O.C8H10/c1-3-4-5-6-7-8-9-10-2;1-2-8-6-4-3-5-7-8/h3-9H2,1-2H3;3-7H,2H2,1H3. The van der Waals surface area contributed by atoms with Gasteiger partial charge in [-0.25, -0.2) is 0 Å². The number of rotatable bonds is 8. The fraction of sp³-hybridized carbons (Fsp3) is 0.647. The monoisotopic (exact) mass is 250 g/mol. The molecule has 1 rings (SSSR count). The summed E-state index contributed by atoms with van der Waals surface area (Å²) in [4.78, 5) is 0. The largest absolute Gasteiger partial charge is 0.385 e. The van der Waals surface area contributed by atoms with Crippen LogP contribution in [0.15, 0.2) is 30.3 Å². The van der Waals surface area contributed by atoms with E-state index in [1.54, 1.807) is 7.11 Å². The molecule has 0 spiro atoms. The third-order valence-corrected chi connectivity index (χ3v) is 2.95. The number of ether oxygens (including phenoxy) is 1. The molecule has 0 atom stereocenters. The van der Waals surface area contributed by atoms with E-state index in [4.69, 9.17) is 4.74 Å². The van der Waals surface area contributed by atoms with Crippen LogP contribution >= 0.6 is 0 Å². The van der Waals surface area contributed by atoms with Crippen molar-refractivity contribution < 1.29 is 4.74 Å². The van der Waals surface area contributed by atoms with Crippen LogP contribution in [0.1, 0.15) is 57.9 Å². The predicted octanol–water partition coefficient (Wildman–Crippen LogP) is 5.24. The minimum atomic E-state index is 0.937. The molecule has 0 heterocycles. The van der Waals surface area contributed by atoms with E-state index in [2.05, 4.69) is 38.1 Å². The molecular formula is C17H30O. The summed E-state index contributed by atoms with van der Waals surface area (Å²) in [6, 6.07) is 10.5. The molecule has 0 saturated heterocycles. The summed E-state index contributed by atoms with van der Waals surface area (Å²) < 4.78 is 4.95. The van der Waals surface area contributed by atoms with Crippen LogP contribution in [0.2, 0.25) is 0 Å². The number of unbranched alkanes of at least 4 members (excludes halogenated alkanes) is 5. The summed E-state index contributed by atoms with van der Waals surface area (Å²) in [6.07, 6.45) is 9.24. The van der Waals surface area contributed by atoms with Crippen LogP contribution < -0.4 is 0 Å². The molecular weight excluding hydrogens is 220 g/mol. The van der Waals surface area contributed by atoms with Gasteiger partial charge in [-0.2, -0.15) is 0 Å². The smallest absolute Gasteiger partial charge is 0.0462 e. The molecule has 0 aliphatic heterocycles. The first-order chi connectivity index (χ1) is 8.85. The van der Waals surface area contributed by atoms with E-state index in [1.165, 1.54) is 44.1 Å². The fourth-order valence-corrected chi connectivity index (χ4v) is 1.74. The van der Waals surface area contributed by atoms with E-state index in [0.717, 1.165) is 13.0 Å². The van der Waals surface area contributed by atoms with Crippen LogP contribution in [0.4, 0.5) is 0 Å². The van der Waals surface area contributed by atoms with Crippen LogP contribution in [0.5, 0.6) is 0 Å². The third-order valence-electron chi connectivity index (χ3n) is 2.95. The highest BCUT2D eigenvalue weighted by Crippen LogP contribution is 2.04. The van der Waals surface area contributed by atoms with E-state index >= 15 is 0 Å². The zero-order chi connectivity index (χ0) is 13.5. The van der Waals surface area contributed by atoms with Crippen LogP contribution in [-0.4, -0.2) is 13.7 Å². The molecule has 0 radical (unpaired) electrons. The highest BCUT2D eigenvalue weighted by atomic mass is 16.5. The highest BCUT2D eigenvalue weighted by molar-refractivity contribution is 5.13. The van der Waals surface area contributed by atoms with E-state index in [1.807, 2.05) is 6.07 Å². The van der Waals surface area contributed by atoms with Gasteiger partial charge in [0.15, 0.2) is 0 Å². The van der Waals surface area contributed by atoms with Crippen LogP contribution in [0.3, 0.4) is 0 Å². The minimum Gasteiger partial charge on any atom is -0.385 e.